The van der Waals surface area contributed by atoms with Gasteiger partial charge >= 0.3 is 6.09 Å². The van der Waals surface area contributed by atoms with Crippen LogP contribution in [0.25, 0.3) is 0 Å². The lowest BCUT2D eigenvalue weighted by Crippen LogP contribution is -2.13. The Morgan fingerprint density at radius 3 is 2.71 bits per heavy atom. The van der Waals surface area contributed by atoms with Gasteiger partial charge in [0.1, 0.15) is 0 Å². The summed E-state index contributed by atoms with van der Waals surface area (Å²) in [6.07, 6.45) is -0.508. The molecule has 0 rings (SSSR count). The van der Waals surface area contributed by atoms with E-state index in [0.717, 1.165) is 0 Å². The van der Waals surface area contributed by atoms with Gasteiger partial charge in [-0.2, -0.15) is 0 Å². The van der Waals surface area contributed by atoms with E-state index in [1.165, 1.54) is 0 Å². The molecule has 1 amide bonds. The number of nitrogens with one attached hydrogen (secondary N) is 1. The van der Waals surface area contributed by atoms with Gasteiger partial charge in [-0.15, -0.1) is 0 Å². The molecule has 0 aromatic heterocycles. The van der Waals surface area contributed by atoms with Crippen molar-refractivity contribution in [2.45, 2.75) is 6.92 Å². The molecule has 0 aliphatic heterocycles. The highest BCUT2D eigenvalue weighted by molar-refractivity contribution is 7.78. The molecular weight excluding hydrogens is 114 g/mol. The second kappa shape index (κ2) is 3.80. The van der Waals surface area contributed by atoms with Gasteiger partial charge in [-0.3, -0.25) is 4.72 Å². The monoisotopic (exact) mass is 121 g/mol. The molecule has 0 atom stereocenters. The fourth-order valence-corrected chi connectivity index (χ4v) is 0.228. The van der Waals surface area contributed by atoms with Crippen molar-refractivity contribution in [1.29, 1.82) is 0 Å². The number of amides is 1. The summed E-state index contributed by atoms with van der Waals surface area (Å²) < 4.78 is 6.36. The molecule has 0 fully saturated rings. The van der Waals surface area contributed by atoms with Gasteiger partial charge in [0.15, 0.2) is 0 Å². The van der Waals surface area contributed by atoms with Crippen molar-refractivity contribution >= 4 is 18.9 Å². The van der Waals surface area contributed by atoms with Gasteiger partial charge in [-0.1, -0.05) is 12.8 Å². The topological polar surface area (TPSA) is 38.3 Å². The third-order valence-electron chi connectivity index (χ3n) is 0.367. The van der Waals surface area contributed by atoms with Gasteiger partial charge in [0.2, 0.25) is 0 Å². The van der Waals surface area contributed by atoms with Crippen LogP contribution in [-0.2, 0) is 4.74 Å². The van der Waals surface area contributed by atoms with Gasteiger partial charge in [0.25, 0.3) is 0 Å². The SMILES string of the molecule is CCOC(=O)NS. The summed E-state index contributed by atoms with van der Waals surface area (Å²) in [5.74, 6) is 0. The second-order valence-electron chi connectivity index (χ2n) is 0.832. The van der Waals surface area contributed by atoms with E-state index in [0.29, 0.717) is 6.61 Å². The molecule has 0 unspecified atom stereocenters. The molecule has 0 spiro atoms. The van der Waals surface area contributed by atoms with Crippen LogP contribution < -0.4 is 4.72 Å². The smallest absolute Gasteiger partial charge is 0.416 e. The maximum Gasteiger partial charge on any atom is 0.416 e. The molecule has 3 nitrogen and oxygen atoms in total. The molecule has 0 heterocycles. The minimum absolute atomic E-state index is 0.381. The lowest BCUT2D eigenvalue weighted by molar-refractivity contribution is 0.159. The van der Waals surface area contributed by atoms with Crippen LogP contribution in [-0.4, -0.2) is 12.7 Å². The van der Waals surface area contributed by atoms with Gasteiger partial charge in [0.05, 0.1) is 6.61 Å². The molecule has 0 bridgehead atoms. The number of hydrogen-bond acceptors (Lipinski definition) is 3. The van der Waals surface area contributed by atoms with E-state index < -0.39 is 6.09 Å². The highest BCUT2D eigenvalue weighted by Crippen LogP contribution is 1.74. The molecular formula is C3H7NO2S. The van der Waals surface area contributed by atoms with Gasteiger partial charge in [-0.25, -0.2) is 4.79 Å². The lowest BCUT2D eigenvalue weighted by atomic mass is 10.9. The highest BCUT2D eigenvalue weighted by atomic mass is 32.1. The summed E-state index contributed by atoms with van der Waals surface area (Å²) in [7, 11) is 0. The quantitative estimate of drug-likeness (QED) is 0.498. The summed E-state index contributed by atoms with van der Waals surface area (Å²) in [5, 5.41) is 0. The Bertz CT molecular complexity index is 66.0. The number of carbonyl (C=O) groups excluding carboxylic acids is 1. The molecule has 0 aliphatic carbocycles. The highest BCUT2D eigenvalue weighted by Gasteiger charge is 1.90. The van der Waals surface area contributed by atoms with Gasteiger partial charge < -0.3 is 4.74 Å². The first-order chi connectivity index (χ1) is 3.31. The van der Waals surface area contributed by atoms with Crippen LogP contribution in [0.1, 0.15) is 6.92 Å². The average Bonchev–Trinajstić information content (AvgIpc) is 1.68. The van der Waals surface area contributed by atoms with Crippen molar-refractivity contribution in [3.8, 4) is 0 Å². The van der Waals surface area contributed by atoms with E-state index in [-0.39, 0.29) is 0 Å². The zero-order valence-corrected chi connectivity index (χ0v) is 4.87. The summed E-state index contributed by atoms with van der Waals surface area (Å²) in [6, 6.07) is 0. The first-order valence-electron chi connectivity index (χ1n) is 1.88. The van der Waals surface area contributed by atoms with Crippen LogP contribution in [0.3, 0.4) is 0 Å². The number of carbonyl (C=O) groups is 1. The Morgan fingerprint density at radius 1 is 2.00 bits per heavy atom. The van der Waals surface area contributed by atoms with Crippen LogP contribution in [0.2, 0.25) is 0 Å². The summed E-state index contributed by atoms with van der Waals surface area (Å²) in [5.41, 5.74) is 0. The van der Waals surface area contributed by atoms with Gasteiger partial charge in [0, 0.05) is 0 Å². The van der Waals surface area contributed by atoms with Crippen LogP contribution in [0, 0.1) is 0 Å². The van der Waals surface area contributed by atoms with Crippen molar-refractivity contribution in [2.24, 2.45) is 0 Å². The minimum Gasteiger partial charge on any atom is -0.449 e. The number of rotatable bonds is 1. The van der Waals surface area contributed by atoms with Crippen molar-refractivity contribution in [3.63, 3.8) is 0 Å². The minimum atomic E-state index is -0.508. The Morgan fingerprint density at radius 2 is 2.57 bits per heavy atom. The molecule has 0 saturated carbocycles. The molecule has 4 heteroatoms. The number of hydrogen-bond donors (Lipinski definition) is 2. The Labute approximate surface area is 47.6 Å². The zero-order valence-electron chi connectivity index (χ0n) is 3.97. The van der Waals surface area contributed by atoms with Crippen LogP contribution >= 0.6 is 12.8 Å². The third kappa shape index (κ3) is 3.45. The number of thiol groups is 1. The van der Waals surface area contributed by atoms with Crippen LogP contribution in [0.5, 0.6) is 0 Å². The third-order valence-corrected chi connectivity index (χ3v) is 0.549. The molecule has 42 valence electrons. The van der Waals surface area contributed by atoms with E-state index in [1.54, 1.807) is 6.92 Å². The summed E-state index contributed by atoms with van der Waals surface area (Å²) in [6.45, 7) is 2.11. The normalized spacial score (nSPS) is 7.71. The van der Waals surface area contributed by atoms with Crippen LogP contribution in [0.4, 0.5) is 4.79 Å². The van der Waals surface area contributed by atoms with Crippen molar-refractivity contribution in [1.82, 2.24) is 4.72 Å². The van der Waals surface area contributed by atoms with Gasteiger partial charge in [-0.05, 0) is 6.92 Å². The predicted octanol–water partition coefficient (Wildman–Crippen LogP) is 0.577. The average molecular weight is 121 g/mol. The number of ether oxygens (including phenoxy) is 1. The van der Waals surface area contributed by atoms with Crippen molar-refractivity contribution in [3.05, 3.63) is 0 Å². The largest absolute Gasteiger partial charge is 0.449 e. The first-order valence-corrected chi connectivity index (χ1v) is 2.32. The molecule has 0 saturated heterocycles. The van der Waals surface area contributed by atoms with E-state index in [2.05, 4.69) is 17.6 Å². The molecule has 0 aromatic carbocycles. The van der Waals surface area contributed by atoms with Crippen molar-refractivity contribution < 1.29 is 9.53 Å². The summed E-state index contributed by atoms with van der Waals surface area (Å²) in [4.78, 5) is 10.0. The fraction of sp³-hybridized carbons (Fsp3) is 0.667. The van der Waals surface area contributed by atoms with Crippen LogP contribution in [0.15, 0.2) is 0 Å². The molecule has 0 radical (unpaired) electrons. The Kier molecular flexibility index (Phi) is 3.59. The molecule has 1 N–H and O–H groups in total. The van der Waals surface area contributed by atoms with E-state index in [1.807, 2.05) is 4.72 Å². The maximum atomic E-state index is 10.0. The first kappa shape index (κ1) is 6.62. The molecule has 7 heavy (non-hydrogen) atoms. The maximum absolute atomic E-state index is 10.0. The van der Waals surface area contributed by atoms with E-state index in [4.69, 9.17) is 0 Å². The fourth-order valence-electron chi connectivity index (χ4n) is 0.163. The molecule has 0 aliphatic rings. The lowest BCUT2D eigenvalue weighted by Gasteiger charge is -1.94. The van der Waals surface area contributed by atoms with E-state index >= 15 is 0 Å². The summed E-state index contributed by atoms with van der Waals surface area (Å²) >= 11 is 3.42. The Hall–Kier alpha value is -0.380. The Balaban J connectivity index is 3.00. The standard InChI is InChI=1S/C3H7NO2S/c1-2-6-3(5)4-7/h7H,2H2,1H3,(H,4,5). The molecule has 0 aromatic rings. The van der Waals surface area contributed by atoms with Crippen molar-refractivity contribution in [2.75, 3.05) is 6.61 Å². The predicted molar refractivity (Wildman–Crippen MR) is 29.1 cm³/mol. The second-order valence-corrected chi connectivity index (χ2v) is 1.06. The van der Waals surface area contributed by atoms with E-state index in [9.17, 15) is 4.79 Å². The zero-order chi connectivity index (χ0) is 5.70.